The number of nitriles is 1. The summed E-state index contributed by atoms with van der Waals surface area (Å²) >= 11 is 0. The molecule has 2 aliphatic rings. The van der Waals surface area contributed by atoms with Gasteiger partial charge in [-0.25, -0.2) is 0 Å². The predicted molar refractivity (Wildman–Crippen MR) is 73.5 cm³/mol. The van der Waals surface area contributed by atoms with Crippen LogP contribution in [0, 0.1) is 17.2 Å². The fourth-order valence-electron chi connectivity index (χ4n) is 3.74. The molecule has 0 radical (unpaired) electrons. The van der Waals surface area contributed by atoms with Crippen LogP contribution in [0.1, 0.15) is 44.1 Å². The first-order chi connectivity index (χ1) is 8.90. The van der Waals surface area contributed by atoms with Crippen molar-refractivity contribution in [2.45, 2.75) is 44.6 Å². The highest BCUT2D eigenvalue weighted by molar-refractivity contribution is 5.60. The lowest BCUT2D eigenvalue weighted by molar-refractivity contribution is 0.244. The van der Waals surface area contributed by atoms with E-state index in [1.165, 1.54) is 38.5 Å². The molecule has 1 saturated carbocycles. The van der Waals surface area contributed by atoms with Gasteiger partial charge in [0, 0.05) is 12.6 Å². The summed E-state index contributed by atoms with van der Waals surface area (Å²) in [5, 5.41) is 9.27. The number of fused-ring (bicyclic) bond motifs is 1. The van der Waals surface area contributed by atoms with Crippen molar-refractivity contribution in [3.05, 3.63) is 29.8 Å². The fourth-order valence-corrected chi connectivity index (χ4v) is 3.74. The van der Waals surface area contributed by atoms with Gasteiger partial charge in [0.05, 0.1) is 11.3 Å². The Bertz CT molecular complexity index is 458. The molecule has 1 heterocycles. The van der Waals surface area contributed by atoms with Crippen LogP contribution in [0.25, 0.3) is 0 Å². The summed E-state index contributed by atoms with van der Waals surface area (Å²) in [6.07, 6.45) is 8.11. The number of piperidine rings is 1. The Morgan fingerprint density at radius 2 is 1.83 bits per heavy atom. The molecule has 2 nitrogen and oxygen atoms in total. The first-order valence-corrected chi connectivity index (χ1v) is 7.16. The molecule has 94 valence electrons. The van der Waals surface area contributed by atoms with Crippen molar-refractivity contribution < 1.29 is 0 Å². The Morgan fingerprint density at radius 1 is 1.06 bits per heavy atom. The van der Waals surface area contributed by atoms with Gasteiger partial charge >= 0.3 is 0 Å². The molecule has 0 spiro atoms. The predicted octanol–water partition coefficient (Wildman–Crippen LogP) is 3.72. The second-order valence-electron chi connectivity index (χ2n) is 5.58. The van der Waals surface area contributed by atoms with E-state index in [0.29, 0.717) is 6.04 Å². The Labute approximate surface area is 109 Å². The molecule has 2 unspecified atom stereocenters. The average Bonchev–Trinajstić information content (AvgIpc) is 2.46. The second kappa shape index (κ2) is 5.02. The molecule has 2 fully saturated rings. The minimum atomic E-state index is 0.682. The standard InChI is InChI=1S/C16H20N2/c17-12-14-7-2-4-10-16(14)18-11-5-8-13-6-1-3-9-15(13)18/h2,4,7,10,13,15H,1,3,5-6,8-9,11H2. The Hall–Kier alpha value is -1.49. The SMILES string of the molecule is N#Cc1ccccc1N1CCCC2CCCCC21. The summed E-state index contributed by atoms with van der Waals surface area (Å²) < 4.78 is 0. The van der Waals surface area contributed by atoms with Crippen molar-refractivity contribution in [2.24, 2.45) is 5.92 Å². The molecule has 1 aromatic carbocycles. The van der Waals surface area contributed by atoms with Crippen molar-refractivity contribution in [3.63, 3.8) is 0 Å². The molecule has 0 N–H and O–H groups in total. The summed E-state index contributed by atoms with van der Waals surface area (Å²) in [5.74, 6) is 0.860. The molecule has 1 saturated heterocycles. The van der Waals surface area contributed by atoms with E-state index in [4.69, 9.17) is 0 Å². The van der Waals surface area contributed by atoms with Crippen LogP contribution in [-0.4, -0.2) is 12.6 Å². The van der Waals surface area contributed by atoms with Crippen LogP contribution >= 0.6 is 0 Å². The van der Waals surface area contributed by atoms with Gasteiger partial charge in [-0.05, 0) is 43.7 Å². The molecule has 3 rings (SSSR count). The van der Waals surface area contributed by atoms with Gasteiger partial charge in [-0.2, -0.15) is 5.26 Å². The number of benzene rings is 1. The molecular formula is C16H20N2. The van der Waals surface area contributed by atoms with E-state index in [1.807, 2.05) is 12.1 Å². The molecule has 2 heteroatoms. The van der Waals surface area contributed by atoms with Gasteiger partial charge in [0.25, 0.3) is 0 Å². The van der Waals surface area contributed by atoms with Gasteiger partial charge in [0.15, 0.2) is 0 Å². The van der Waals surface area contributed by atoms with Crippen LogP contribution in [0.5, 0.6) is 0 Å². The van der Waals surface area contributed by atoms with Gasteiger partial charge in [0.2, 0.25) is 0 Å². The molecule has 0 bridgehead atoms. The zero-order valence-electron chi connectivity index (χ0n) is 10.8. The number of anilines is 1. The van der Waals surface area contributed by atoms with Crippen LogP contribution in [0.3, 0.4) is 0 Å². The van der Waals surface area contributed by atoms with Gasteiger partial charge in [0.1, 0.15) is 6.07 Å². The van der Waals surface area contributed by atoms with Crippen molar-refractivity contribution >= 4 is 5.69 Å². The van der Waals surface area contributed by atoms with E-state index in [0.717, 1.165) is 23.7 Å². The van der Waals surface area contributed by atoms with Crippen LogP contribution in [0.15, 0.2) is 24.3 Å². The van der Waals surface area contributed by atoms with Gasteiger partial charge < -0.3 is 4.90 Å². The van der Waals surface area contributed by atoms with Crippen LogP contribution < -0.4 is 4.90 Å². The second-order valence-corrected chi connectivity index (χ2v) is 5.58. The van der Waals surface area contributed by atoms with E-state index in [1.54, 1.807) is 0 Å². The molecule has 1 aliphatic heterocycles. The minimum Gasteiger partial charge on any atom is -0.367 e. The first-order valence-electron chi connectivity index (χ1n) is 7.16. The number of para-hydroxylation sites is 1. The first kappa shape index (κ1) is 11.6. The fraction of sp³-hybridized carbons (Fsp3) is 0.562. The normalized spacial score (nSPS) is 27.4. The molecule has 1 aromatic rings. The maximum atomic E-state index is 9.27. The topological polar surface area (TPSA) is 27.0 Å². The van der Waals surface area contributed by atoms with Crippen molar-refractivity contribution in [2.75, 3.05) is 11.4 Å². The maximum absolute atomic E-state index is 9.27. The number of hydrogen-bond donors (Lipinski definition) is 0. The van der Waals surface area contributed by atoms with E-state index in [2.05, 4.69) is 23.1 Å². The molecule has 2 atom stereocenters. The lowest BCUT2D eigenvalue weighted by Crippen LogP contribution is -2.47. The number of hydrogen-bond acceptors (Lipinski definition) is 2. The smallest absolute Gasteiger partial charge is 0.101 e. The van der Waals surface area contributed by atoms with Gasteiger partial charge in [-0.1, -0.05) is 25.0 Å². The summed E-state index contributed by atoms with van der Waals surface area (Å²) in [4.78, 5) is 2.52. The lowest BCUT2D eigenvalue weighted by Gasteiger charge is -2.45. The Morgan fingerprint density at radius 3 is 2.72 bits per heavy atom. The molecule has 1 aliphatic carbocycles. The third-order valence-corrected chi connectivity index (χ3v) is 4.58. The highest BCUT2D eigenvalue weighted by Gasteiger charge is 2.33. The number of rotatable bonds is 1. The van der Waals surface area contributed by atoms with Crippen molar-refractivity contribution in [1.82, 2.24) is 0 Å². The largest absolute Gasteiger partial charge is 0.367 e. The molecular weight excluding hydrogens is 220 g/mol. The van der Waals surface area contributed by atoms with Crippen LogP contribution in [0.2, 0.25) is 0 Å². The summed E-state index contributed by atoms with van der Waals surface area (Å²) in [5.41, 5.74) is 2.00. The minimum absolute atomic E-state index is 0.682. The third-order valence-electron chi connectivity index (χ3n) is 4.58. The highest BCUT2D eigenvalue weighted by Crippen LogP contribution is 2.38. The lowest BCUT2D eigenvalue weighted by atomic mass is 9.78. The third kappa shape index (κ3) is 1.99. The molecule has 0 aromatic heterocycles. The molecule has 0 amide bonds. The maximum Gasteiger partial charge on any atom is 0.101 e. The van der Waals surface area contributed by atoms with Crippen LogP contribution in [-0.2, 0) is 0 Å². The van der Waals surface area contributed by atoms with E-state index < -0.39 is 0 Å². The zero-order valence-corrected chi connectivity index (χ0v) is 10.8. The number of nitrogens with zero attached hydrogens (tertiary/aromatic N) is 2. The highest BCUT2D eigenvalue weighted by atomic mass is 15.2. The van der Waals surface area contributed by atoms with Crippen molar-refractivity contribution in [1.29, 1.82) is 5.26 Å². The average molecular weight is 240 g/mol. The van der Waals surface area contributed by atoms with E-state index >= 15 is 0 Å². The van der Waals surface area contributed by atoms with Gasteiger partial charge in [-0.3, -0.25) is 0 Å². The Kier molecular flexibility index (Phi) is 3.23. The van der Waals surface area contributed by atoms with Gasteiger partial charge in [-0.15, -0.1) is 0 Å². The van der Waals surface area contributed by atoms with Crippen molar-refractivity contribution in [3.8, 4) is 6.07 Å². The van der Waals surface area contributed by atoms with Crippen LogP contribution in [0.4, 0.5) is 5.69 Å². The quantitative estimate of drug-likeness (QED) is 0.748. The van der Waals surface area contributed by atoms with E-state index in [-0.39, 0.29) is 0 Å². The Balaban J connectivity index is 1.92. The molecule has 18 heavy (non-hydrogen) atoms. The summed E-state index contributed by atoms with van der Waals surface area (Å²) in [6, 6.07) is 11.1. The zero-order chi connectivity index (χ0) is 12.4. The monoisotopic (exact) mass is 240 g/mol. The summed E-state index contributed by atoms with van der Waals surface area (Å²) in [7, 11) is 0. The van der Waals surface area contributed by atoms with E-state index in [9.17, 15) is 5.26 Å². The summed E-state index contributed by atoms with van der Waals surface area (Å²) in [6.45, 7) is 1.12.